The van der Waals surface area contributed by atoms with E-state index in [0.29, 0.717) is 5.25 Å². The summed E-state index contributed by atoms with van der Waals surface area (Å²) in [7, 11) is -3.74. The largest absolute Gasteiger partial charge is 0.385 e. The van der Waals surface area contributed by atoms with Gasteiger partial charge in [0.25, 0.3) is 10.0 Å². The number of hydrogen-bond donors (Lipinski definition) is 2. The van der Waals surface area contributed by atoms with Crippen LogP contribution in [0, 0.1) is 10.1 Å². The Bertz CT molecular complexity index is 629. The zero-order chi connectivity index (χ0) is 15.6. The third kappa shape index (κ3) is 3.87. The third-order valence-electron chi connectivity index (χ3n) is 3.29. The lowest BCUT2D eigenvalue weighted by Crippen LogP contribution is -2.32. The fourth-order valence-corrected chi connectivity index (χ4v) is 6.02. The lowest BCUT2D eigenvalue weighted by atomic mass is 10.3. The Morgan fingerprint density at radius 1 is 1.57 bits per heavy atom. The van der Waals surface area contributed by atoms with Crippen LogP contribution in [0.4, 0.5) is 10.7 Å². The van der Waals surface area contributed by atoms with E-state index in [1.54, 1.807) is 0 Å². The molecule has 0 spiro atoms. The SMILES string of the molecule is CCSC1CCC(NS(=O)(=O)c2cc([N+](=O)[O-])c(N)s2)C1. The molecular weight excluding hydrogens is 334 g/mol. The molecule has 10 heteroatoms. The molecule has 0 aromatic carbocycles. The molecule has 21 heavy (non-hydrogen) atoms. The highest BCUT2D eigenvalue weighted by atomic mass is 32.2. The molecule has 1 aliphatic rings. The molecule has 1 aromatic heterocycles. The lowest BCUT2D eigenvalue weighted by Gasteiger charge is -2.12. The predicted molar refractivity (Wildman–Crippen MR) is 85.3 cm³/mol. The minimum atomic E-state index is -3.74. The van der Waals surface area contributed by atoms with E-state index >= 15 is 0 Å². The summed E-state index contributed by atoms with van der Waals surface area (Å²) in [4.78, 5) is 10.1. The highest BCUT2D eigenvalue weighted by Crippen LogP contribution is 2.35. The Kier molecular flexibility index (Phi) is 5.12. The van der Waals surface area contributed by atoms with E-state index in [4.69, 9.17) is 5.73 Å². The number of nitrogens with two attached hydrogens (primary N) is 1. The Morgan fingerprint density at radius 3 is 2.86 bits per heavy atom. The number of nitro groups is 1. The summed E-state index contributed by atoms with van der Waals surface area (Å²) in [6.45, 7) is 2.08. The van der Waals surface area contributed by atoms with Gasteiger partial charge in [-0.05, 0) is 25.0 Å². The summed E-state index contributed by atoms with van der Waals surface area (Å²) in [5.41, 5.74) is 5.13. The van der Waals surface area contributed by atoms with Crippen molar-refractivity contribution in [2.75, 3.05) is 11.5 Å². The van der Waals surface area contributed by atoms with Gasteiger partial charge in [-0.15, -0.1) is 0 Å². The number of rotatable bonds is 6. The van der Waals surface area contributed by atoms with Gasteiger partial charge in [0.05, 0.1) is 4.92 Å². The van der Waals surface area contributed by atoms with E-state index in [-0.39, 0.29) is 20.9 Å². The molecule has 0 amide bonds. The van der Waals surface area contributed by atoms with Crippen molar-refractivity contribution in [3.05, 3.63) is 16.2 Å². The van der Waals surface area contributed by atoms with Crippen molar-refractivity contribution < 1.29 is 13.3 Å². The molecule has 1 heterocycles. The molecule has 0 radical (unpaired) electrons. The normalized spacial score (nSPS) is 22.5. The number of hydrogen-bond acceptors (Lipinski definition) is 7. The first kappa shape index (κ1) is 16.5. The number of thioether (sulfide) groups is 1. The van der Waals surface area contributed by atoms with Crippen LogP contribution < -0.4 is 10.5 Å². The second-order valence-electron chi connectivity index (χ2n) is 4.78. The number of nitrogens with one attached hydrogen (secondary N) is 1. The molecule has 1 saturated carbocycles. The van der Waals surface area contributed by atoms with Crippen molar-refractivity contribution in [1.82, 2.24) is 4.72 Å². The van der Waals surface area contributed by atoms with Crippen LogP contribution in [0.5, 0.6) is 0 Å². The van der Waals surface area contributed by atoms with Gasteiger partial charge in [0.15, 0.2) is 5.00 Å². The van der Waals surface area contributed by atoms with E-state index in [0.717, 1.165) is 42.4 Å². The molecule has 0 saturated heterocycles. The number of thiophene rings is 1. The Labute approximate surface area is 131 Å². The molecular formula is C11H17N3O4S3. The van der Waals surface area contributed by atoms with Gasteiger partial charge in [-0.1, -0.05) is 18.3 Å². The average Bonchev–Trinajstić information content (AvgIpc) is 2.96. The maximum Gasteiger partial charge on any atom is 0.304 e. The third-order valence-corrected chi connectivity index (χ3v) is 7.47. The van der Waals surface area contributed by atoms with Crippen LogP contribution in [0.25, 0.3) is 0 Å². The topological polar surface area (TPSA) is 115 Å². The Hall–Kier alpha value is -0.840. The quantitative estimate of drug-likeness (QED) is 0.599. The summed E-state index contributed by atoms with van der Waals surface area (Å²) in [5, 5.41) is 11.1. The first-order valence-electron chi connectivity index (χ1n) is 6.51. The van der Waals surface area contributed by atoms with Crippen molar-refractivity contribution in [2.45, 2.75) is 41.7 Å². The van der Waals surface area contributed by atoms with E-state index in [9.17, 15) is 18.5 Å². The van der Waals surface area contributed by atoms with Crippen LogP contribution in [0.15, 0.2) is 10.3 Å². The van der Waals surface area contributed by atoms with Gasteiger partial charge in [-0.3, -0.25) is 10.1 Å². The Morgan fingerprint density at radius 2 is 2.29 bits per heavy atom. The maximum absolute atomic E-state index is 12.3. The number of sulfonamides is 1. The van der Waals surface area contributed by atoms with Crippen LogP contribution in [0.3, 0.4) is 0 Å². The summed E-state index contributed by atoms with van der Waals surface area (Å²) in [5.74, 6) is 1.01. The number of nitrogens with zero attached hydrogens (tertiary/aromatic N) is 1. The molecule has 2 unspecified atom stereocenters. The molecule has 2 atom stereocenters. The van der Waals surface area contributed by atoms with Crippen LogP contribution in [-0.4, -0.2) is 30.4 Å². The molecule has 1 aliphatic carbocycles. The van der Waals surface area contributed by atoms with E-state index in [1.807, 2.05) is 11.8 Å². The molecule has 1 aromatic rings. The minimum absolute atomic E-state index is 0.0915. The van der Waals surface area contributed by atoms with Crippen LogP contribution >= 0.6 is 23.1 Å². The second kappa shape index (κ2) is 6.51. The van der Waals surface area contributed by atoms with E-state index in [2.05, 4.69) is 11.6 Å². The smallest absolute Gasteiger partial charge is 0.304 e. The van der Waals surface area contributed by atoms with E-state index in [1.165, 1.54) is 0 Å². The molecule has 2 rings (SSSR count). The van der Waals surface area contributed by atoms with Gasteiger partial charge < -0.3 is 5.73 Å². The van der Waals surface area contributed by atoms with Gasteiger partial charge in [-0.2, -0.15) is 11.8 Å². The lowest BCUT2D eigenvalue weighted by molar-refractivity contribution is -0.383. The van der Waals surface area contributed by atoms with Crippen LogP contribution in [0.1, 0.15) is 26.2 Å². The number of anilines is 1. The van der Waals surface area contributed by atoms with Crippen LogP contribution in [0.2, 0.25) is 0 Å². The van der Waals surface area contributed by atoms with Crippen molar-refractivity contribution in [2.24, 2.45) is 0 Å². The van der Waals surface area contributed by atoms with Gasteiger partial charge >= 0.3 is 5.69 Å². The second-order valence-corrected chi connectivity index (χ2v) is 9.38. The highest BCUT2D eigenvalue weighted by Gasteiger charge is 2.31. The zero-order valence-electron chi connectivity index (χ0n) is 11.4. The van der Waals surface area contributed by atoms with Crippen molar-refractivity contribution >= 4 is 43.8 Å². The van der Waals surface area contributed by atoms with Crippen molar-refractivity contribution in [1.29, 1.82) is 0 Å². The molecule has 118 valence electrons. The van der Waals surface area contributed by atoms with Crippen molar-refractivity contribution in [3.63, 3.8) is 0 Å². The highest BCUT2D eigenvalue weighted by molar-refractivity contribution is 7.99. The monoisotopic (exact) mass is 351 g/mol. The first-order valence-corrected chi connectivity index (χ1v) is 9.86. The van der Waals surface area contributed by atoms with Gasteiger partial charge in [0.1, 0.15) is 4.21 Å². The van der Waals surface area contributed by atoms with E-state index < -0.39 is 14.9 Å². The summed E-state index contributed by atoms with van der Waals surface area (Å²) >= 11 is 2.56. The zero-order valence-corrected chi connectivity index (χ0v) is 13.9. The fourth-order valence-electron chi connectivity index (χ4n) is 2.36. The molecule has 3 N–H and O–H groups in total. The van der Waals surface area contributed by atoms with Gasteiger partial charge in [0.2, 0.25) is 0 Å². The van der Waals surface area contributed by atoms with Gasteiger partial charge in [0, 0.05) is 17.4 Å². The maximum atomic E-state index is 12.3. The minimum Gasteiger partial charge on any atom is -0.385 e. The van der Waals surface area contributed by atoms with Crippen LogP contribution in [-0.2, 0) is 10.0 Å². The number of nitrogen functional groups attached to an aromatic ring is 1. The Balaban J connectivity index is 2.09. The summed E-state index contributed by atoms with van der Waals surface area (Å²) in [6, 6.07) is 0.914. The molecule has 1 fully saturated rings. The average molecular weight is 351 g/mol. The molecule has 0 bridgehead atoms. The fraction of sp³-hybridized carbons (Fsp3) is 0.636. The van der Waals surface area contributed by atoms with Gasteiger partial charge in [-0.25, -0.2) is 13.1 Å². The first-order chi connectivity index (χ1) is 9.83. The standard InChI is InChI=1S/C11H17N3O4S3/c1-2-19-8-4-3-7(5-8)13-21(17,18)10-6-9(14(15)16)11(12)20-10/h6-8,13H,2-5,12H2,1H3. The summed E-state index contributed by atoms with van der Waals surface area (Å²) < 4.78 is 27.0. The molecule has 7 nitrogen and oxygen atoms in total. The van der Waals surface area contributed by atoms with Crippen molar-refractivity contribution in [3.8, 4) is 0 Å². The molecule has 0 aliphatic heterocycles. The predicted octanol–water partition coefficient (Wildman–Crippen LogP) is 2.19. The summed E-state index contributed by atoms with van der Waals surface area (Å²) in [6.07, 6.45) is 2.57.